The van der Waals surface area contributed by atoms with Crippen LogP contribution >= 0.6 is 0 Å². The van der Waals surface area contributed by atoms with Crippen LogP contribution in [0.4, 0.5) is 5.69 Å². The number of aromatic carboxylic acids is 1. The van der Waals surface area contributed by atoms with Gasteiger partial charge in [-0.15, -0.1) is 0 Å². The van der Waals surface area contributed by atoms with Gasteiger partial charge in [-0.05, 0) is 32.4 Å². The fraction of sp³-hybridized carbons (Fsp3) is 0.562. The zero-order chi connectivity index (χ0) is 15.1. The average Bonchev–Trinajstić information content (AvgIpc) is 2.42. The maximum Gasteiger partial charge on any atom is 0.337 e. The molecular weight excluding hydrogens is 254 g/mol. The third-order valence-electron chi connectivity index (χ3n) is 3.37. The summed E-state index contributed by atoms with van der Waals surface area (Å²) in [5.41, 5.74) is 1.07. The molecule has 20 heavy (non-hydrogen) atoms. The van der Waals surface area contributed by atoms with Gasteiger partial charge in [0.15, 0.2) is 0 Å². The van der Waals surface area contributed by atoms with Gasteiger partial charge in [0.1, 0.15) is 5.75 Å². The largest absolute Gasteiger partial charge is 0.497 e. The van der Waals surface area contributed by atoms with Gasteiger partial charge in [0.25, 0.3) is 0 Å². The monoisotopic (exact) mass is 279 g/mol. The number of carbonyl (C=O) groups is 1. The lowest BCUT2D eigenvalue weighted by atomic mass is 10.1. The minimum absolute atomic E-state index is 0.247. The highest BCUT2D eigenvalue weighted by molar-refractivity contribution is 5.95. The van der Waals surface area contributed by atoms with Crippen LogP contribution in [0.25, 0.3) is 0 Å². The Morgan fingerprint density at radius 1 is 1.35 bits per heavy atom. The zero-order valence-corrected chi connectivity index (χ0v) is 12.8. The predicted molar refractivity (Wildman–Crippen MR) is 82.0 cm³/mol. The normalized spacial score (nSPS) is 10.7. The maximum atomic E-state index is 11.4. The van der Waals surface area contributed by atoms with Crippen LogP contribution in [0.2, 0.25) is 0 Å². The van der Waals surface area contributed by atoms with Crippen molar-refractivity contribution in [2.45, 2.75) is 46.1 Å². The van der Waals surface area contributed by atoms with Crippen molar-refractivity contribution < 1.29 is 14.6 Å². The van der Waals surface area contributed by atoms with Crippen molar-refractivity contribution in [1.82, 2.24) is 0 Å². The first-order valence-corrected chi connectivity index (χ1v) is 7.19. The van der Waals surface area contributed by atoms with Gasteiger partial charge in [-0.25, -0.2) is 4.79 Å². The fourth-order valence-electron chi connectivity index (χ4n) is 2.25. The topological polar surface area (TPSA) is 49.8 Å². The number of carboxylic acid groups (broad SMARTS) is 1. The van der Waals surface area contributed by atoms with E-state index in [4.69, 9.17) is 4.74 Å². The Bertz CT molecular complexity index is 443. The number of unbranched alkanes of at least 4 members (excludes halogenated alkanes) is 2. The molecule has 0 atom stereocenters. The summed E-state index contributed by atoms with van der Waals surface area (Å²) in [6.07, 6.45) is 3.36. The van der Waals surface area contributed by atoms with Crippen molar-refractivity contribution in [3.8, 4) is 5.75 Å². The van der Waals surface area contributed by atoms with Crippen molar-refractivity contribution in [2.75, 3.05) is 18.6 Å². The molecule has 0 unspecified atom stereocenters. The summed E-state index contributed by atoms with van der Waals surface area (Å²) in [5.74, 6) is -0.213. The molecule has 1 rings (SSSR count). The summed E-state index contributed by atoms with van der Waals surface area (Å²) in [4.78, 5) is 13.6. The Kier molecular flexibility index (Phi) is 6.36. The van der Waals surface area contributed by atoms with Gasteiger partial charge < -0.3 is 14.7 Å². The molecule has 0 amide bonds. The summed E-state index contributed by atoms with van der Waals surface area (Å²) >= 11 is 0. The maximum absolute atomic E-state index is 11.4. The molecule has 0 aromatic heterocycles. The van der Waals surface area contributed by atoms with Crippen LogP contribution in [0.3, 0.4) is 0 Å². The molecule has 4 nitrogen and oxygen atoms in total. The number of anilines is 1. The van der Waals surface area contributed by atoms with Crippen molar-refractivity contribution in [1.29, 1.82) is 0 Å². The van der Waals surface area contributed by atoms with Gasteiger partial charge in [-0.3, -0.25) is 0 Å². The van der Waals surface area contributed by atoms with Crippen molar-refractivity contribution in [3.05, 3.63) is 23.8 Å². The predicted octanol–water partition coefficient (Wildman–Crippen LogP) is 3.80. The van der Waals surface area contributed by atoms with E-state index in [0.717, 1.165) is 31.5 Å². The first kappa shape index (κ1) is 16.3. The van der Waals surface area contributed by atoms with Crippen LogP contribution in [-0.2, 0) is 0 Å². The molecule has 1 aromatic rings. The van der Waals surface area contributed by atoms with Gasteiger partial charge in [0.2, 0.25) is 0 Å². The third kappa shape index (κ3) is 4.15. The molecule has 0 aliphatic rings. The molecule has 1 aromatic carbocycles. The van der Waals surface area contributed by atoms with Crippen molar-refractivity contribution in [2.24, 2.45) is 0 Å². The molecule has 0 spiro atoms. The lowest BCUT2D eigenvalue weighted by Crippen LogP contribution is -2.33. The quantitative estimate of drug-likeness (QED) is 0.735. The molecular formula is C16H25NO3. The first-order valence-electron chi connectivity index (χ1n) is 7.19. The minimum Gasteiger partial charge on any atom is -0.497 e. The minimum atomic E-state index is -0.899. The van der Waals surface area contributed by atoms with E-state index >= 15 is 0 Å². The Morgan fingerprint density at radius 3 is 2.55 bits per heavy atom. The number of ether oxygens (including phenoxy) is 1. The summed E-state index contributed by atoms with van der Waals surface area (Å²) in [7, 11) is 1.59. The summed E-state index contributed by atoms with van der Waals surface area (Å²) in [6, 6.07) is 5.37. The molecule has 0 fully saturated rings. The molecule has 0 aliphatic heterocycles. The van der Waals surface area contributed by atoms with E-state index in [2.05, 4.69) is 25.7 Å². The molecule has 0 saturated heterocycles. The molecule has 112 valence electrons. The van der Waals surface area contributed by atoms with E-state index < -0.39 is 5.97 Å². The number of hydrogen-bond acceptors (Lipinski definition) is 3. The van der Waals surface area contributed by atoms with Gasteiger partial charge in [0.05, 0.1) is 18.4 Å². The number of benzene rings is 1. The number of nitrogens with zero attached hydrogens (tertiary/aromatic N) is 1. The number of carboxylic acids is 1. The lowest BCUT2D eigenvalue weighted by Gasteiger charge is -2.30. The van der Waals surface area contributed by atoms with Gasteiger partial charge in [-0.2, -0.15) is 0 Å². The highest BCUT2D eigenvalue weighted by atomic mass is 16.5. The Balaban J connectivity index is 3.11. The molecule has 0 heterocycles. The SMILES string of the molecule is CCCCCN(c1cc(OC)ccc1C(=O)O)C(C)C. The summed E-state index contributed by atoms with van der Waals surface area (Å²) in [5, 5.41) is 9.36. The van der Waals surface area contributed by atoms with E-state index in [1.165, 1.54) is 0 Å². The van der Waals surface area contributed by atoms with Crippen molar-refractivity contribution >= 4 is 11.7 Å². The first-order chi connectivity index (χ1) is 9.51. The van der Waals surface area contributed by atoms with Gasteiger partial charge in [0, 0.05) is 18.7 Å². The Labute approximate surface area is 121 Å². The van der Waals surface area contributed by atoms with Crippen LogP contribution < -0.4 is 9.64 Å². The standard InChI is InChI=1S/C16H25NO3/c1-5-6-7-10-17(12(2)3)15-11-13(20-4)8-9-14(15)16(18)19/h8-9,11-12H,5-7,10H2,1-4H3,(H,18,19). The Morgan fingerprint density at radius 2 is 2.05 bits per heavy atom. The van der Waals surface area contributed by atoms with Gasteiger partial charge >= 0.3 is 5.97 Å². The van der Waals surface area contributed by atoms with Crippen LogP contribution in [0.15, 0.2) is 18.2 Å². The van der Waals surface area contributed by atoms with Crippen molar-refractivity contribution in [3.63, 3.8) is 0 Å². The second-order valence-electron chi connectivity index (χ2n) is 5.18. The van der Waals surface area contributed by atoms with E-state index in [1.807, 2.05) is 6.07 Å². The third-order valence-corrected chi connectivity index (χ3v) is 3.37. The second-order valence-corrected chi connectivity index (χ2v) is 5.18. The Hall–Kier alpha value is -1.71. The van der Waals surface area contributed by atoms with Crippen LogP contribution in [-0.4, -0.2) is 30.8 Å². The number of methoxy groups -OCH3 is 1. The van der Waals surface area contributed by atoms with E-state index in [1.54, 1.807) is 19.2 Å². The van der Waals surface area contributed by atoms with Crippen LogP contribution in [0.1, 0.15) is 50.4 Å². The molecule has 4 heteroatoms. The smallest absolute Gasteiger partial charge is 0.337 e. The molecule has 1 N–H and O–H groups in total. The summed E-state index contributed by atoms with van der Waals surface area (Å²) < 4.78 is 5.23. The van der Waals surface area contributed by atoms with Crippen LogP contribution in [0, 0.1) is 0 Å². The molecule has 0 radical (unpaired) electrons. The zero-order valence-electron chi connectivity index (χ0n) is 12.8. The molecule has 0 aliphatic carbocycles. The molecule has 0 saturated carbocycles. The summed E-state index contributed by atoms with van der Waals surface area (Å²) in [6.45, 7) is 7.18. The fourth-order valence-corrected chi connectivity index (χ4v) is 2.25. The lowest BCUT2D eigenvalue weighted by molar-refractivity contribution is 0.0697. The van der Waals surface area contributed by atoms with E-state index in [0.29, 0.717) is 11.3 Å². The number of rotatable bonds is 8. The van der Waals surface area contributed by atoms with E-state index in [-0.39, 0.29) is 6.04 Å². The van der Waals surface area contributed by atoms with Crippen LogP contribution in [0.5, 0.6) is 5.75 Å². The van der Waals surface area contributed by atoms with E-state index in [9.17, 15) is 9.90 Å². The van der Waals surface area contributed by atoms with Gasteiger partial charge in [-0.1, -0.05) is 19.8 Å². The number of hydrogen-bond donors (Lipinski definition) is 1. The highest BCUT2D eigenvalue weighted by Gasteiger charge is 2.19. The second kappa shape index (κ2) is 7.78. The molecule has 0 bridgehead atoms. The average molecular weight is 279 g/mol. The highest BCUT2D eigenvalue weighted by Crippen LogP contribution is 2.28.